The summed E-state index contributed by atoms with van der Waals surface area (Å²) in [5.74, 6) is 0.592. The van der Waals surface area contributed by atoms with Gasteiger partial charge in [0.25, 0.3) is 0 Å². The van der Waals surface area contributed by atoms with Gasteiger partial charge in [0.05, 0.1) is 7.11 Å². The maximum absolute atomic E-state index is 11.9. The Hall–Kier alpha value is -2.64. The maximum atomic E-state index is 11.9. The molecule has 7 heteroatoms. The lowest BCUT2D eigenvalue weighted by Crippen LogP contribution is -2.30. The largest absolute Gasteiger partial charge is 0.497 e. The van der Waals surface area contributed by atoms with Crippen LogP contribution in [0.25, 0.3) is 6.08 Å². The number of methoxy groups -OCH3 is 1. The Morgan fingerprint density at radius 1 is 1.04 bits per heavy atom. The van der Waals surface area contributed by atoms with Crippen LogP contribution >= 0.6 is 0 Å². The highest BCUT2D eigenvalue weighted by atomic mass is 32.2. The van der Waals surface area contributed by atoms with Crippen molar-refractivity contribution in [1.29, 1.82) is 0 Å². The van der Waals surface area contributed by atoms with Gasteiger partial charge in [-0.05, 0) is 35.8 Å². The molecule has 2 aromatic carbocycles. The zero-order chi connectivity index (χ0) is 19.5. The number of sulfonamides is 1. The van der Waals surface area contributed by atoms with Crippen LogP contribution in [0, 0.1) is 0 Å². The number of nitrogens with one attached hydrogen (secondary N) is 2. The minimum absolute atomic E-state index is 0.0514. The summed E-state index contributed by atoms with van der Waals surface area (Å²) in [4.78, 5) is 11.8. The number of amides is 1. The zero-order valence-electron chi connectivity index (χ0n) is 15.2. The molecule has 144 valence electrons. The van der Waals surface area contributed by atoms with Gasteiger partial charge in [-0.15, -0.1) is 0 Å². The molecule has 0 unspecified atom stereocenters. The molecule has 0 radical (unpaired) electrons. The minimum atomic E-state index is -3.57. The molecule has 0 bridgehead atoms. The van der Waals surface area contributed by atoms with E-state index < -0.39 is 10.0 Å². The fourth-order valence-corrected chi connectivity index (χ4v) is 3.13. The van der Waals surface area contributed by atoms with Crippen LogP contribution in [0.4, 0.5) is 0 Å². The fraction of sp³-hybridized carbons (Fsp3) is 0.250. The Labute approximate surface area is 160 Å². The van der Waals surface area contributed by atoms with Crippen LogP contribution in [-0.2, 0) is 21.2 Å². The van der Waals surface area contributed by atoms with Crippen LogP contribution in [0.3, 0.4) is 0 Å². The van der Waals surface area contributed by atoms with Crippen molar-refractivity contribution in [2.45, 2.75) is 12.8 Å². The van der Waals surface area contributed by atoms with Crippen LogP contribution in [0.5, 0.6) is 5.75 Å². The lowest BCUT2D eigenvalue weighted by Gasteiger charge is -2.07. The fourth-order valence-electron chi connectivity index (χ4n) is 2.31. The predicted octanol–water partition coefficient (Wildman–Crippen LogP) is 2.33. The molecule has 0 saturated carbocycles. The van der Waals surface area contributed by atoms with Gasteiger partial charge in [-0.2, -0.15) is 0 Å². The van der Waals surface area contributed by atoms with Gasteiger partial charge in [-0.1, -0.05) is 42.5 Å². The Balaban J connectivity index is 1.66. The average molecular weight is 388 g/mol. The molecule has 0 heterocycles. The number of benzene rings is 2. The third kappa shape index (κ3) is 8.06. The lowest BCUT2D eigenvalue weighted by molar-refractivity contribution is -0.120. The van der Waals surface area contributed by atoms with Gasteiger partial charge < -0.3 is 10.1 Å². The third-order valence-electron chi connectivity index (χ3n) is 3.79. The Bertz CT molecular complexity index is 847. The summed E-state index contributed by atoms with van der Waals surface area (Å²) in [5, 5.41) is 3.88. The highest BCUT2D eigenvalue weighted by Crippen LogP contribution is 2.11. The monoisotopic (exact) mass is 388 g/mol. The van der Waals surface area contributed by atoms with Crippen LogP contribution < -0.4 is 14.8 Å². The van der Waals surface area contributed by atoms with Crippen molar-refractivity contribution in [1.82, 2.24) is 10.0 Å². The number of carbonyl (C=O) groups excluding carboxylic acids is 1. The van der Waals surface area contributed by atoms with Gasteiger partial charge in [0.15, 0.2) is 0 Å². The molecule has 0 saturated heterocycles. The molecule has 0 aliphatic rings. The predicted molar refractivity (Wildman–Crippen MR) is 107 cm³/mol. The summed E-state index contributed by atoms with van der Waals surface area (Å²) in [6, 6.07) is 16.8. The van der Waals surface area contributed by atoms with Gasteiger partial charge >= 0.3 is 0 Å². The SMILES string of the molecule is COc1ccc(CCNC(=O)CCNS(=O)(=O)C=Cc2ccccc2)cc1. The lowest BCUT2D eigenvalue weighted by atomic mass is 10.1. The molecule has 6 nitrogen and oxygen atoms in total. The number of hydrogen-bond donors (Lipinski definition) is 2. The molecule has 2 aromatic rings. The van der Waals surface area contributed by atoms with E-state index >= 15 is 0 Å². The Kier molecular flexibility index (Phi) is 8.03. The van der Waals surface area contributed by atoms with E-state index in [4.69, 9.17) is 4.74 Å². The number of rotatable bonds is 10. The molecule has 0 atom stereocenters. The van der Waals surface area contributed by atoms with E-state index in [-0.39, 0.29) is 18.9 Å². The maximum Gasteiger partial charge on any atom is 0.233 e. The van der Waals surface area contributed by atoms with Crippen LogP contribution in [0.1, 0.15) is 17.5 Å². The average Bonchev–Trinajstić information content (AvgIpc) is 2.68. The molecular weight excluding hydrogens is 364 g/mol. The van der Waals surface area contributed by atoms with Crippen LogP contribution in [0.2, 0.25) is 0 Å². The van der Waals surface area contributed by atoms with Gasteiger partial charge in [-0.3, -0.25) is 4.79 Å². The van der Waals surface area contributed by atoms with Gasteiger partial charge in [0.2, 0.25) is 15.9 Å². The highest BCUT2D eigenvalue weighted by Gasteiger charge is 2.07. The molecule has 2 rings (SSSR count). The highest BCUT2D eigenvalue weighted by molar-refractivity contribution is 7.92. The van der Waals surface area contributed by atoms with E-state index in [1.807, 2.05) is 54.6 Å². The van der Waals surface area contributed by atoms with Crippen molar-refractivity contribution in [3.63, 3.8) is 0 Å². The molecule has 0 spiro atoms. The molecule has 2 N–H and O–H groups in total. The molecule has 0 aliphatic heterocycles. The van der Waals surface area contributed by atoms with E-state index in [0.29, 0.717) is 13.0 Å². The molecule has 0 aromatic heterocycles. The van der Waals surface area contributed by atoms with E-state index in [9.17, 15) is 13.2 Å². The van der Waals surface area contributed by atoms with Crippen molar-refractivity contribution in [2.75, 3.05) is 20.2 Å². The van der Waals surface area contributed by atoms with Crippen molar-refractivity contribution in [3.05, 3.63) is 71.1 Å². The van der Waals surface area contributed by atoms with E-state index in [0.717, 1.165) is 22.3 Å². The second kappa shape index (κ2) is 10.5. The van der Waals surface area contributed by atoms with Crippen LogP contribution in [-0.4, -0.2) is 34.5 Å². The Morgan fingerprint density at radius 3 is 2.41 bits per heavy atom. The normalized spacial score (nSPS) is 11.4. The van der Waals surface area contributed by atoms with E-state index in [1.54, 1.807) is 7.11 Å². The standard InChI is InChI=1S/C20H24N2O4S/c1-26-19-9-7-18(8-10-19)11-14-21-20(23)12-15-22-27(24,25)16-13-17-5-3-2-4-6-17/h2-10,13,16,22H,11-12,14-15H2,1H3,(H,21,23). The molecule has 27 heavy (non-hydrogen) atoms. The van der Waals surface area contributed by atoms with Crippen LogP contribution in [0.15, 0.2) is 60.0 Å². The zero-order valence-corrected chi connectivity index (χ0v) is 16.0. The number of carbonyl (C=O) groups is 1. The summed E-state index contributed by atoms with van der Waals surface area (Å²) >= 11 is 0. The van der Waals surface area contributed by atoms with Crippen molar-refractivity contribution in [2.24, 2.45) is 0 Å². The second-order valence-electron chi connectivity index (χ2n) is 5.85. The molecule has 1 amide bonds. The number of ether oxygens (including phenoxy) is 1. The van der Waals surface area contributed by atoms with E-state index in [1.165, 1.54) is 6.08 Å². The summed E-state index contributed by atoms with van der Waals surface area (Å²) in [7, 11) is -1.96. The first-order valence-corrected chi connectivity index (χ1v) is 10.2. The number of hydrogen-bond acceptors (Lipinski definition) is 4. The van der Waals surface area contributed by atoms with Crippen molar-refractivity contribution in [3.8, 4) is 5.75 Å². The summed E-state index contributed by atoms with van der Waals surface area (Å²) in [6.45, 7) is 0.543. The topological polar surface area (TPSA) is 84.5 Å². The summed E-state index contributed by atoms with van der Waals surface area (Å²) < 4.78 is 31.3. The molecule has 0 aliphatic carbocycles. The van der Waals surface area contributed by atoms with Gasteiger partial charge in [0, 0.05) is 24.9 Å². The van der Waals surface area contributed by atoms with Gasteiger partial charge in [-0.25, -0.2) is 13.1 Å². The summed E-state index contributed by atoms with van der Waals surface area (Å²) in [6.07, 6.45) is 2.29. The molecular formula is C20H24N2O4S. The Morgan fingerprint density at radius 2 is 1.74 bits per heavy atom. The first-order chi connectivity index (χ1) is 13.0. The summed E-state index contributed by atoms with van der Waals surface area (Å²) in [5.41, 5.74) is 1.88. The van der Waals surface area contributed by atoms with E-state index in [2.05, 4.69) is 10.0 Å². The first kappa shape index (κ1) is 20.7. The van der Waals surface area contributed by atoms with Crippen molar-refractivity contribution < 1.29 is 17.9 Å². The van der Waals surface area contributed by atoms with Gasteiger partial charge in [0.1, 0.15) is 5.75 Å². The first-order valence-electron chi connectivity index (χ1n) is 8.61. The minimum Gasteiger partial charge on any atom is -0.497 e. The smallest absolute Gasteiger partial charge is 0.233 e. The van der Waals surface area contributed by atoms with Crippen molar-refractivity contribution >= 4 is 22.0 Å². The quantitative estimate of drug-likeness (QED) is 0.654. The second-order valence-corrected chi connectivity index (χ2v) is 7.50. The third-order valence-corrected chi connectivity index (χ3v) is 4.89. The molecule has 0 fully saturated rings.